The summed E-state index contributed by atoms with van der Waals surface area (Å²) >= 11 is 0. The third kappa shape index (κ3) is 4.32. The van der Waals surface area contributed by atoms with E-state index in [-0.39, 0.29) is 6.04 Å². The van der Waals surface area contributed by atoms with Crippen LogP contribution in [0.1, 0.15) is 48.5 Å². The maximum absolute atomic E-state index is 11.8. The highest BCUT2D eigenvalue weighted by atomic mass is 16.5. The van der Waals surface area contributed by atoms with Gasteiger partial charge in [0.2, 0.25) is 0 Å². The zero-order valence-electron chi connectivity index (χ0n) is 21.2. The van der Waals surface area contributed by atoms with Crippen LogP contribution in [0.15, 0.2) is 101 Å². The Balaban J connectivity index is 1.22. The van der Waals surface area contributed by atoms with Crippen LogP contribution in [0.2, 0.25) is 0 Å². The number of carboxylic acid groups (broad SMARTS) is 1. The number of aryl methyl sites for hydroxylation is 1. The lowest BCUT2D eigenvalue weighted by atomic mass is 9.64. The molecule has 2 heterocycles. The minimum Gasteiger partial charge on any atom is -0.481 e. The molecule has 1 aromatic heterocycles. The summed E-state index contributed by atoms with van der Waals surface area (Å²) in [4.78, 5) is 16.8. The monoisotopic (exact) mass is 503 g/mol. The first-order valence-corrected chi connectivity index (χ1v) is 13.0. The van der Waals surface area contributed by atoms with Gasteiger partial charge in [-0.05, 0) is 54.5 Å². The predicted octanol–water partition coefficient (Wildman–Crippen LogP) is 7.33. The number of aromatic nitrogens is 1. The number of carboxylic acids is 1. The van der Waals surface area contributed by atoms with Crippen LogP contribution >= 0.6 is 0 Å². The first-order valence-electron chi connectivity index (χ1n) is 13.0. The molecule has 2 aliphatic rings. The highest BCUT2D eigenvalue weighted by Gasteiger charge is 2.45. The number of hydrogen-bond donors (Lipinski definition) is 2. The first kappa shape index (κ1) is 23.9. The summed E-state index contributed by atoms with van der Waals surface area (Å²) in [5, 5.41) is 17.4. The SMILES string of the molecule is Cc1noc(-c2ccc(-c3ccc(C4(C(=O)O)CCC4)cc3)cc2)c1NC1=NC(c2ccccc2)CC=C1. The van der Waals surface area contributed by atoms with Crippen molar-refractivity contribution in [1.82, 2.24) is 5.16 Å². The Morgan fingerprint density at radius 3 is 2.24 bits per heavy atom. The molecule has 2 N–H and O–H groups in total. The molecule has 1 aliphatic heterocycles. The van der Waals surface area contributed by atoms with E-state index in [1.165, 1.54) is 5.56 Å². The van der Waals surface area contributed by atoms with Crippen LogP contribution in [-0.2, 0) is 10.2 Å². The molecular formula is C32H29N3O3. The average molecular weight is 504 g/mol. The molecule has 4 aromatic rings. The maximum Gasteiger partial charge on any atom is 0.314 e. The average Bonchev–Trinajstić information content (AvgIpc) is 3.29. The van der Waals surface area contributed by atoms with Crippen LogP contribution in [0.5, 0.6) is 0 Å². The fourth-order valence-electron chi connectivity index (χ4n) is 5.33. The van der Waals surface area contributed by atoms with Crippen molar-refractivity contribution in [3.05, 3.63) is 108 Å². The molecule has 0 radical (unpaired) electrons. The fourth-order valence-corrected chi connectivity index (χ4v) is 5.33. The molecule has 0 amide bonds. The van der Waals surface area contributed by atoms with Gasteiger partial charge < -0.3 is 14.9 Å². The Bertz CT molecular complexity index is 1510. The number of anilines is 1. The van der Waals surface area contributed by atoms with E-state index >= 15 is 0 Å². The summed E-state index contributed by atoms with van der Waals surface area (Å²) in [6, 6.07) is 26.4. The number of nitrogens with one attached hydrogen (secondary N) is 1. The number of hydrogen-bond acceptors (Lipinski definition) is 5. The van der Waals surface area contributed by atoms with Crippen LogP contribution < -0.4 is 5.32 Å². The van der Waals surface area contributed by atoms with Gasteiger partial charge in [-0.3, -0.25) is 9.79 Å². The molecule has 1 aliphatic carbocycles. The Kier molecular flexibility index (Phi) is 6.16. The number of rotatable bonds is 6. The van der Waals surface area contributed by atoms with E-state index in [1.54, 1.807) is 0 Å². The molecule has 190 valence electrons. The van der Waals surface area contributed by atoms with Gasteiger partial charge in [-0.2, -0.15) is 0 Å². The molecule has 1 fully saturated rings. The smallest absolute Gasteiger partial charge is 0.314 e. The number of dihydropyridines is 1. The van der Waals surface area contributed by atoms with Gasteiger partial charge in [0, 0.05) is 5.56 Å². The van der Waals surface area contributed by atoms with Gasteiger partial charge in [-0.1, -0.05) is 96.5 Å². The van der Waals surface area contributed by atoms with Crippen molar-refractivity contribution in [2.45, 2.75) is 44.1 Å². The summed E-state index contributed by atoms with van der Waals surface area (Å²) in [6.45, 7) is 1.92. The zero-order valence-corrected chi connectivity index (χ0v) is 21.2. The van der Waals surface area contributed by atoms with Crippen molar-refractivity contribution in [3.8, 4) is 22.5 Å². The first-order chi connectivity index (χ1) is 18.5. The normalized spacial score (nSPS) is 17.9. The van der Waals surface area contributed by atoms with Gasteiger partial charge >= 0.3 is 5.97 Å². The largest absolute Gasteiger partial charge is 0.481 e. The number of benzene rings is 3. The molecule has 3 aromatic carbocycles. The lowest BCUT2D eigenvalue weighted by Gasteiger charge is -2.38. The van der Waals surface area contributed by atoms with Crippen LogP contribution in [0.3, 0.4) is 0 Å². The fraction of sp³-hybridized carbons (Fsp3) is 0.219. The third-order valence-corrected chi connectivity index (χ3v) is 7.76. The molecule has 0 spiro atoms. The maximum atomic E-state index is 11.8. The standard InChI is InChI=1S/C32H29N3O3/c1-21-29(34-28-10-5-9-27(33-28)24-7-3-2-4-8-24)30(38-35-21)25-13-11-22(12-14-25)23-15-17-26(18-16-23)32(31(36)37)19-6-20-32/h2-5,7-8,10-18,27H,6,9,19-20H2,1H3,(H,33,34)(H,36,37). The van der Waals surface area contributed by atoms with E-state index in [1.807, 2.05) is 79.7 Å². The second kappa shape index (κ2) is 9.78. The lowest BCUT2D eigenvalue weighted by molar-refractivity contribution is -0.147. The number of amidine groups is 1. The van der Waals surface area contributed by atoms with Gasteiger partial charge in [0.1, 0.15) is 17.2 Å². The van der Waals surface area contributed by atoms with Crippen LogP contribution in [0.4, 0.5) is 5.69 Å². The van der Waals surface area contributed by atoms with E-state index in [2.05, 4.69) is 28.7 Å². The molecule has 0 saturated heterocycles. The van der Waals surface area contributed by atoms with E-state index in [4.69, 9.17) is 9.52 Å². The minimum atomic E-state index is -0.724. The summed E-state index contributed by atoms with van der Waals surface area (Å²) < 4.78 is 5.73. The third-order valence-electron chi connectivity index (χ3n) is 7.76. The molecule has 0 bridgehead atoms. The van der Waals surface area contributed by atoms with E-state index in [0.29, 0.717) is 18.6 Å². The van der Waals surface area contributed by atoms with Crippen LogP contribution in [0, 0.1) is 6.92 Å². The van der Waals surface area contributed by atoms with Crippen molar-refractivity contribution in [2.75, 3.05) is 5.32 Å². The number of aliphatic imine (C=N–C) groups is 1. The Labute approximate surface area is 221 Å². The lowest BCUT2D eigenvalue weighted by Crippen LogP contribution is -2.42. The molecule has 1 saturated carbocycles. The molecule has 6 heteroatoms. The second-order valence-electron chi connectivity index (χ2n) is 10.1. The van der Waals surface area contributed by atoms with Gasteiger partial charge in [0.25, 0.3) is 0 Å². The molecular weight excluding hydrogens is 474 g/mol. The van der Waals surface area contributed by atoms with Crippen molar-refractivity contribution in [1.29, 1.82) is 0 Å². The summed E-state index contributed by atoms with van der Waals surface area (Å²) in [7, 11) is 0. The van der Waals surface area contributed by atoms with Crippen LogP contribution in [0.25, 0.3) is 22.5 Å². The molecule has 38 heavy (non-hydrogen) atoms. The molecule has 6 nitrogen and oxygen atoms in total. The molecule has 1 atom stereocenters. The predicted molar refractivity (Wildman–Crippen MR) is 149 cm³/mol. The highest BCUT2D eigenvalue weighted by Crippen LogP contribution is 2.44. The Hall–Kier alpha value is -4.45. The zero-order chi connectivity index (χ0) is 26.1. The minimum absolute atomic E-state index is 0.0765. The Morgan fingerprint density at radius 2 is 1.61 bits per heavy atom. The topological polar surface area (TPSA) is 87.7 Å². The number of nitrogens with zero attached hydrogens (tertiary/aromatic N) is 2. The van der Waals surface area contributed by atoms with Crippen molar-refractivity contribution < 1.29 is 14.4 Å². The number of carbonyl (C=O) groups is 1. The van der Waals surface area contributed by atoms with E-state index in [9.17, 15) is 9.90 Å². The van der Waals surface area contributed by atoms with E-state index < -0.39 is 11.4 Å². The number of aliphatic carboxylic acids is 1. The second-order valence-corrected chi connectivity index (χ2v) is 10.1. The molecule has 1 unspecified atom stereocenters. The van der Waals surface area contributed by atoms with Crippen molar-refractivity contribution in [3.63, 3.8) is 0 Å². The summed E-state index contributed by atoms with van der Waals surface area (Å²) in [5.74, 6) is 0.716. The van der Waals surface area contributed by atoms with Crippen LogP contribution in [-0.4, -0.2) is 22.1 Å². The summed E-state index contributed by atoms with van der Waals surface area (Å²) in [6.07, 6.45) is 7.38. The molecule has 6 rings (SSSR count). The summed E-state index contributed by atoms with van der Waals surface area (Å²) in [5.41, 5.74) is 5.93. The van der Waals surface area contributed by atoms with Crippen molar-refractivity contribution >= 4 is 17.5 Å². The van der Waals surface area contributed by atoms with Crippen molar-refractivity contribution in [2.24, 2.45) is 4.99 Å². The van der Waals surface area contributed by atoms with Gasteiger partial charge in [-0.15, -0.1) is 0 Å². The van der Waals surface area contributed by atoms with Gasteiger partial charge in [-0.25, -0.2) is 0 Å². The Morgan fingerprint density at radius 1 is 0.947 bits per heavy atom. The quantitative estimate of drug-likeness (QED) is 0.287. The van der Waals surface area contributed by atoms with Gasteiger partial charge in [0.15, 0.2) is 5.76 Å². The van der Waals surface area contributed by atoms with E-state index in [0.717, 1.165) is 52.3 Å². The highest BCUT2D eigenvalue weighted by molar-refractivity contribution is 6.06. The van der Waals surface area contributed by atoms with Gasteiger partial charge in [0.05, 0.1) is 11.5 Å².